The number of furan rings is 1. The topological polar surface area (TPSA) is 42.7 Å². The molecule has 1 heterocycles. The smallest absolute Gasteiger partial charge is 0.289 e. The van der Waals surface area contributed by atoms with Crippen molar-refractivity contribution in [3.8, 4) is 5.75 Å². The molecular formula is C21H20FNO3S. The van der Waals surface area contributed by atoms with E-state index in [1.807, 2.05) is 30.5 Å². The minimum absolute atomic E-state index is 0.165. The van der Waals surface area contributed by atoms with Crippen molar-refractivity contribution in [1.29, 1.82) is 0 Å². The van der Waals surface area contributed by atoms with Crippen molar-refractivity contribution in [3.63, 3.8) is 0 Å². The van der Waals surface area contributed by atoms with E-state index >= 15 is 0 Å². The molecule has 0 aliphatic carbocycles. The van der Waals surface area contributed by atoms with Gasteiger partial charge in [-0.3, -0.25) is 4.79 Å². The summed E-state index contributed by atoms with van der Waals surface area (Å²) in [5.41, 5.74) is 1.05. The Bertz CT molecular complexity index is 891. The number of hydrogen-bond donors (Lipinski definition) is 0. The zero-order chi connectivity index (χ0) is 19.2. The molecule has 0 spiro atoms. The molecule has 140 valence electrons. The summed E-state index contributed by atoms with van der Waals surface area (Å²) >= 11 is 1.68. The van der Waals surface area contributed by atoms with Crippen LogP contribution in [0.5, 0.6) is 5.75 Å². The van der Waals surface area contributed by atoms with Crippen LogP contribution >= 0.6 is 11.8 Å². The average Bonchev–Trinajstić information content (AvgIpc) is 3.16. The van der Waals surface area contributed by atoms with Crippen LogP contribution in [0.15, 0.2) is 70.0 Å². The molecule has 0 saturated carbocycles. The molecule has 0 atom stereocenters. The van der Waals surface area contributed by atoms with Gasteiger partial charge >= 0.3 is 0 Å². The molecule has 0 aliphatic rings. The molecule has 0 bridgehead atoms. The van der Waals surface area contributed by atoms with E-state index in [0.29, 0.717) is 18.1 Å². The van der Waals surface area contributed by atoms with Crippen molar-refractivity contribution in [1.82, 2.24) is 4.90 Å². The summed E-state index contributed by atoms with van der Waals surface area (Å²) in [6.07, 6.45) is 2.03. The number of carbonyl (C=O) groups excluding carboxylic acids is 1. The largest absolute Gasteiger partial charge is 0.486 e. The van der Waals surface area contributed by atoms with E-state index in [1.165, 1.54) is 17.0 Å². The fraction of sp³-hybridized carbons (Fsp3) is 0.190. The number of halogens is 1. The van der Waals surface area contributed by atoms with Crippen molar-refractivity contribution in [3.05, 3.63) is 83.6 Å². The standard InChI is InChI=1S/C21H20FNO3S/c1-23(13-15-3-10-19(27-2)11-4-15)21(24)20-12-9-18(26-20)14-25-17-7-5-16(22)6-8-17/h3-12H,13-14H2,1-2H3. The number of carbonyl (C=O) groups is 1. The van der Waals surface area contributed by atoms with Crippen molar-refractivity contribution in [2.75, 3.05) is 13.3 Å². The molecule has 0 radical (unpaired) electrons. The third-order valence-electron chi connectivity index (χ3n) is 3.99. The Morgan fingerprint density at radius 3 is 2.44 bits per heavy atom. The number of rotatable bonds is 7. The predicted octanol–water partition coefficient (Wildman–Crippen LogP) is 4.99. The molecule has 3 rings (SSSR count). The Morgan fingerprint density at radius 2 is 1.78 bits per heavy atom. The highest BCUT2D eigenvalue weighted by Gasteiger charge is 2.16. The number of benzene rings is 2. The number of amides is 1. The van der Waals surface area contributed by atoms with Crippen LogP contribution in [-0.4, -0.2) is 24.1 Å². The van der Waals surface area contributed by atoms with Gasteiger partial charge in [0.25, 0.3) is 5.91 Å². The summed E-state index contributed by atoms with van der Waals surface area (Å²) < 4.78 is 24.0. The molecule has 6 heteroatoms. The Balaban J connectivity index is 1.57. The van der Waals surface area contributed by atoms with Crippen LogP contribution in [0.3, 0.4) is 0 Å². The Kier molecular flexibility index (Phi) is 6.19. The number of ether oxygens (including phenoxy) is 1. The lowest BCUT2D eigenvalue weighted by Gasteiger charge is -2.16. The summed E-state index contributed by atoms with van der Waals surface area (Å²) in [5, 5.41) is 0. The summed E-state index contributed by atoms with van der Waals surface area (Å²) in [5.74, 6) is 0.805. The van der Waals surface area contributed by atoms with E-state index in [1.54, 1.807) is 48.0 Å². The molecule has 27 heavy (non-hydrogen) atoms. The van der Waals surface area contributed by atoms with Gasteiger partial charge in [0.15, 0.2) is 5.76 Å². The zero-order valence-electron chi connectivity index (χ0n) is 15.1. The van der Waals surface area contributed by atoms with Gasteiger partial charge in [0.1, 0.15) is 23.9 Å². The zero-order valence-corrected chi connectivity index (χ0v) is 16.0. The lowest BCUT2D eigenvalue weighted by atomic mass is 10.2. The lowest BCUT2D eigenvalue weighted by Crippen LogP contribution is -2.25. The van der Waals surface area contributed by atoms with E-state index < -0.39 is 0 Å². The third-order valence-corrected chi connectivity index (χ3v) is 4.74. The molecule has 0 saturated heterocycles. The monoisotopic (exact) mass is 385 g/mol. The molecule has 0 aliphatic heterocycles. The molecular weight excluding hydrogens is 365 g/mol. The van der Waals surface area contributed by atoms with E-state index in [0.717, 1.165) is 5.56 Å². The van der Waals surface area contributed by atoms with Gasteiger partial charge < -0.3 is 14.1 Å². The first-order valence-corrected chi connectivity index (χ1v) is 9.63. The summed E-state index contributed by atoms with van der Waals surface area (Å²) in [4.78, 5) is 15.3. The second kappa shape index (κ2) is 8.77. The Morgan fingerprint density at radius 1 is 1.07 bits per heavy atom. The molecule has 3 aromatic rings. The molecule has 4 nitrogen and oxygen atoms in total. The van der Waals surface area contributed by atoms with Crippen molar-refractivity contribution in [2.24, 2.45) is 0 Å². The Hall–Kier alpha value is -2.73. The quantitative estimate of drug-likeness (QED) is 0.537. The van der Waals surface area contributed by atoms with Crippen LogP contribution in [0.2, 0.25) is 0 Å². The van der Waals surface area contributed by atoms with Gasteiger partial charge in [0.2, 0.25) is 0 Å². The maximum atomic E-state index is 12.9. The van der Waals surface area contributed by atoms with Gasteiger partial charge in [-0.15, -0.1) is 11.8 Å². The van der Waals surface area contributed by atoms with Gasteiger partial charge in [-0.1, -0.05) is 12.1 Å². The Labute approximate surface area is 161 Å². The SMILES string of the molecule is CSc1ccc(CN(C)C(=O)c2ccc(COc3ccc(F)cc3)o2)cc1. The molecule has 1 amide bonds. The minimum Gasteiger partial charge on any atom is -0.486 e. The van der Waals surface area contributed by atoms with Crippen LogP contribution < -0.4 is 4.74 Å². The second-order valence-corrected chi connectivity index (χ2v) is 6.90. The van der Waals surface area contributed by atoms with Gasteiger partial charge in [-0.25, -0.2) is 4.39 Å². The van der Waals surface area contributed by atoms with E-state index in [9.17, 15) is 9.18 Å². The van der Waals surface area contributed by atoms with Crippen LogP contribution in [-0.2, 0) is 13.2 Å². The fourth-order valence-electron chi connectivity index (χ4n) is 2.52. The number of hydrogen-bond acceptors (Lipinski definition) is 4. The fourth-order valence-corrected chi connectivity index (χ4v) is 2.93. The van der Waals surface area contributed by atoms with Gasteiger partial charge in [-0.05, 0) is 60.4 Å². The second-order valence-electron chi connectivity index (χ2n) is 6.02. The normalized spacial score (nSPS) is 10.6. The van der Waals surface area contributed by atoms with Crippen molar-refractivity contribution < 1.29 is 18.3 Å². The third kappa shape index (κ3) is 5.14. The highest BCUT2D eigenvalue weighted by atomic mass is 32.2. The maximum absolute atomic E-state index is 12.9. The highest BCUT2D eigenvalue weighted by Crippen LogP contribution is 2.18. The van der Waals surface area contributed by atoms with E-state index in [-0.39, 0.29) is 24.1 Å². The summed E-state index contributed by atoms with van der Waals surface area (Å²) in [6, 6.07) is 17.2. The summed E-state index contributed by atoms with van der Waals surface area (Å²) in [7, 11) is 1.74. The summed E-state index contributed by atoms with van der Waals surface area (Å²) in [6.45, 7) is 0.661. The number of nitrogens with zero attached hydrogens (tertiary/aromatic N) is 1. The van der Waals surface area contributed by atoms with E-state index in [4.69, 9.17) is 9.15 Å². The molecule has 2 aromatic carbocycles. The molecule has 0 unspecified atom stereocenters. The molecule has 1 aromatic heterocycles. The first kappa shape index (κ1) is 19.0. The predicted molar refractivity (Wildman–Crippen MR) is 103 cm³/mol. The first-order valence-electron chi connectivity index (χ1n) is 8.40. The van der Waals surface area contributed by atoms with Crippen molar-refractivity contribution >= 4 is 17.7 Å². The minimum atomic E-state index is -0.320. The average molecular weight is 385 g/mol. The molecule has 0 N–H and O–H groups in total. The van der Waals surface area contributed by atoms with E-state index in [2.05, 4.69) is 0 Å². The van der Waals surface area contributed by atoms with Gasteiger partial charge in [0.05, 0.1) is 0 Å². The van der Waals surface area contributed by atoms with Crippen LogP contribution in [0.1, 0.15) is 21.9 Å². The van der Waals surface area contributed by atoms with Crippen LogP contribution in [0.4, 0.5) is 4.39 Å². The van der Waals surface area contributed by atoms with Crippen LogP contribution in [0.25, 0.3) is 0 Å². The van der Waals surface area contributed by atoms with Crippen LogP contribution in [0, 0.1) is 5.82 Å². The maximum Gasteiger partial charge on any atom is 0.289 e. The number of thioether (sulfide) groups is 1. The molecule has 0 fully saturated rings. The van der Waals surface area contributed by atoms with Gasteiger partial charge in [-0.2, -0.15) is 0 Å². The van der Waals surface area contributed by atoms with Gasteiger partial charge in [0, 0.05) is 18.5 Å². The van der Waals surface area contributed by atoms with Crippen molar-refractivity contribution in [2.45, 2.75) is 18.0 Å². The first-order chi connectivity index (χ1) is 13.0. The highest BCUT2D eigenvalue weighted by molar-refractivity contribution is 7.98. The lowest BCUT2D eigenvalue weighted by molar-refractivity contribution is 0.0749.